The Bertz CT molecular complexity index is 1330. The normalized spacial score (nSPS) is 19.1. The number of halogens is 1. The van der Waals surface area contributed by atoms with E-state index in [1.165, 1.54) is 6.92 Å². The van der Waals surface area contributed by atoms with Crippen molar-refractivity contribution in [1.82, 2.24) is 16.0 Å². The van der Waals surface area contributed by atoms with Gasteiger partial charge in [0.15, 0.2) is 0 Å². The third-order valence-corrected chi connectivity index (χ3v) is 8.22. The van der Waals surface area contributed by atoms with E-state index in [0.29, 0.717) is 11.4 Å². The van der Waals surface area contributed by atoms with Crippen molar-refractivity contribution in [2.24, 2.45) is 11.8 Å². The van der Waals surface area contributed by atoms with Gasteiger partial charge in [0.05, 0.1) is 0 Å². The number of hydrogen-bond acceptors (Lipinski definition) is 5. The van der Waals surface area contributed by atoms with Gasteiger partial charge in [-0.05, 0) is 69.2 Å². The number of carboxylic acid groups (broad SMARTS) is 1. The molecular weight excluding hydrogens is 570 g/mol. The Morgan fingerprint density at radius 2 is 1.74 bits per heavy atom. The molecule has 2 aromatic rings. The molecule has 1 aliphatic heterocycles. The van der Waals surface area contributed by atoms with Crippen LogP contribution in [-0.2, 0) is 24.5 Å². The smallest absolute Gasteiger partial charge is 0.408 e. The van der Waals surface area contributed by atoms with E-state index in [9.17, 15) is 24.3 Å². The number of alkyl carbamates (subject to hydrolysis) is 1. The molecule has 3 unspecified atom stereocenters. The molecule has 1 aliphatic rings. The Kier molecular flexibility index (Phi) is 10.5. The van der Waals surface area contributed by atoms with E-state index in [0.717, 1.165) is 11.1 Å². The number of hydrogen-bond donors (Lipinski definition) is 4. The van der Waals surface area contributed by atoms with Crippen LogP contribution in [0.5, 0.6) is 0 Å². The predicted molar refractivity (Wildman–Crippen MR) is 166 cm³/mol. The maximum atomic E-state index is 13.6. The van der Waals surface area contributed by atoms with Crippen molar-refractivity contribution < 1.29 is 29.0 Å². The van der Waals surface area contributed by atoms with E-state index in [1.807, 2.05) is 90.1 Å². The average molecular weight is 614 g/mol. The molecule has 0 aromatic heterocycles. The minimum Gasteiger partial charge on any atom is -0.480 e. The zero-order valence-corrected chi connectivity index (χ0v) is 26.7. The van der Waals surface area contributed by atoms with Crippen molar-refractivity contribution in [2.75, 3.05) is 0 Å². The lowest BCUT2D eigenvalue weighted by molar-refractivity contribution is -0.148. The fraction of sp³-hybridized carbons (Fsp3) is 0.515. The van der Waals surface area contributed by atoms with Crippen LogP contribution in [0.25, 0.3) is 0 Å². The molecule has 1 fully saturated rings. The van der Waals surface area contributed by atoms with Gasteiger partial charge in [-0.15, -0.1) is 0 Å². The third-order valence-electron chi connectivity index (χ3n) is 7.98. The molecule has 43 heavy (non-hydrogen) atoms. The SMILES string of the molecule is CC(C)C[C@H](NC(=O)OC(c1ccccc1)C(C)(C)c1cccc(Cl)c1)C(=O)NC(C)(CC1CC(C)(C)NC1=O)C(=O)O. The Morgan fingerprint density at radius 3 is 2.28 bits per heavy atom. The second kappa shape index (κ2) is 13.4. The monoisotopic (exact) mass is 613 g/mol. The number of benzene rings is 2. The van der Waals surface area contributed by atoms with Gasteiger partial charge >= 0.3 is 12.1 Å². The summed E-state index contributed by atoms with van der Waals surface area (Å²) < 4.78 is 6.04. The van der Waals surface area contributed by atoms with Crippen LogP contribution in [0.2, 0.25) is 5.02 Å². The van der Waals surface area contributed by atoms with Gasteiger partial charge in [-0.3, -0.25) is 9.59 Å². The molecular formula is C33H44ClN3O6. The largest absolute Gasteiger partial charge is 0.480 e. The summed E-state index contributed by atoms with van der Waals surface area (Å²) in [5.74, 6) is -2.78. The van der Waals surface area contributed by atoms with Gasteiger partial charge in [0.25, 0.3) is 0 Å². The molecule has 0 saturated carbocycles. The van der Waals surface area contributed by atoms with Gasteiger partial charge in [-0.25, -0.2) is 9.59 Å². The molecule has 4 atom stereocenters. The summed E-state index contributed by atoms with van der Waals surface area (Å²) in [5, 5.41) is 18.8. The number of carbonyl (C=O) groups is 4. The molecule has 1 saturated heterocycles. The summed E-state index contributed by atoms with van der Waals surface area (Å²) in [4.78, 5) is 51.9. The lowest BCUT2D eigenvalue weighted by Gasteiger charge is -2.35. The fourth-order valence-electron chi connectivity index (χ4n) is 5.69. The third kappa shape index (κ3) is 8.72. The Labute approximate surface area is 259 Å². The number of nitrogens with one attached hydrogen (secondary N) is 3. The zero-order valence-electron chi connectivity index (χ0n) is 26.0. The number of ether oxygens (including phenoxy) is 1. The summed E-state index contributed by atoms with van der Waals surface area (Å²) in [6.45, 7) is 12.8. The number of rotatable bonds is 12. The van der Waals surface area contributed by atoms with Crippen molar-refractivity contribution in [3.8, 4) is 0 Å². The van der Waals surface area contributed by atoms with Crippen LogP contribution in [0.1, 0.15) is 85.0 Å². The van der Waals surface area contributed by atoms with Crippen LogP contribution < -0.4 is 16.0 Å². The molecule has 2 aromatic carbocycles. The van der Waals surface area contributed by atoms with E-state index < -0.39 is 52.5 Å². The maximum Gasteiger partial charge on any atom is 0.408 e. The molecule has 1 heterocycles. The molecule has 10 heteroatoms. The number of amides is 3. The Hall–Kier alpha value is -3.59. The van der Waals surface area contributed by atoms with Crippen molar-refractivity contribution in [1.29, 1.82) is 0 Å². The van der Waals surface area contributed by atoms with Gasteiger partial charge in [0.1, 0.15) is 17.7 Å². The van der Waals surface area contributed by atoms with Crippen molar-refractivity contribution >= 4 is 35.5 Å². The Balaban J connectivity index is 1.83. The van der Waals surface area contributed by atoms with Gasteiger partial charge in [0, 0.05) is 21.9 Å². The maximum absolute atomic E-state index is 13.6. The van der Waals surface area contributed by atoms with Crippen LogP contribution in [0.4, 0.5) is 4.79 Å². The molecule has 0 spiro atoms. The molecule has 0 radical (unpaired) electrons. The Morgan fingerprint density at radius 1 is 1.09 bits per heavy atom. The van der Waals surface area contributed by atoms with E-state index >= 15 is 0 Å². The minimum atomic E-state index is -1.73. The average Bonchev–Trinajstić information content (AvgIpc) is 3.16. The lowest BCUT2D eigenvalue weighted by Crippen LogP contribution is -2.59. The second-order valence-electron chi connectivity index (χ2n) is 13.4. The number of carbonyl (C=O) groups excluding carboxylic acids is 3. The first-order valence-electron chi connectivity index (χ1n) is 14.6. The highest BCUT2D eigenvalue weighted by Crippen LogP contribution is 2.40. The first kappa shape index (κ1) is 33.9. The topological polar surface area (TPSA) is 134 Å². The van der Waals surface area contributed by atoms with Crippen LogP contribution in [0.3, 0.4) is 0 Å². The van der Waals surface area contributed by atoms with E-state index in [4.69, 9.17) is 16.3 Å². The first-order chi connectivity index (χ1) is 19.9. The highest BCUT2D eigenvalue weighted by atomic mass is 35.5. The molecule has 0 bridgehead atoms. The second-order valence-corrected chi connectivity index (χ2v) is 13.8. The molecule has 9 nitrogen and oxygen atoms in total. The molecule has 4 N–H and O–H groups in total. The van der Waals surface area contributed by atoms with Gasteiger partial charge in [0.2, 0.25) is 11.8 Å². The van der Waals surface area contributed by atoms with Crippen LogP contribution in [0, 0.1) is 11.8 Å². The quantitative estimate of drug-likeness (QED) is 0.240. The number of aliphatic carboxylic acids is 1. The zero-order chi connectivity index (χ0) is 32.2. The van der Waals surface area contributed by atoms with E-state index in [1.54, 1.807) is 6.07 Å². The van der Waals surface area contributed by atoms with Crippen LogP contribution in [-0.4, -0.2) is 46.1 Å². The number of carboxylic acids is 1. The summed E-state index contributed by atoms with van der Waals surface area (Å²) in [6, 6.07) is 15.6. The van der Waals surface area contributed by atoms with Gasteiger partial charge in [-0.2, -0.15) is 0 Å². The lowest BCUT2D eigenvalue weighted by atomic mass is 9.76. The minimum absolute atomic E-state index is 0.0126. The van der Waals surface area contributed by atoms with E-state index in [-0.39, 0.29) is 24.7 Å². The summed E-state index contributed by atoms with van der Waals surface area (Å²) in [6.07, 6.45) is -0.983. The standard InChI is InChI=1S/C33H44ClN3O6/c1-20(2)16-25(28(39)37-33(7,29(40)41)19-22-18-31(3,4)36-27(22)38)35-30(42)43-26(21-12-9-8-10-13-21)32(5,6)23-14-11-15-24(34)17-23/h8-15,17,20,22,25-26H,16,18-19H2,1-7H3,(H,35,42)(H,36,38)(H,37,39)(H,40,41)/t22?,25-,26?,33?/m0/s1. The van der Waals surface area contributed by atoms with Crippen molar-refractivity contribution in [2.45, 2.75) is 96.4 Å². The molecule has 3 rings (SSSR count). The molecule has 3 amide bonds. The van der Waals surface area contributed by atoms with Crippen LogP contribution >= 0.6 is 11.6 Å². The van der Waals surface area contributed by atoms with Gasteiger partial charge in [-0.1, -0.05) is 81.8 Å². The van der Waals surface area contributed by atoms with E-state index in [2.05, 4.69) is 16.0 Å². The van der Waals surface area contributed by atoms with Gasteiger partial charge < -0.3 is 25.8 Å². The first-order valence-corrected chi connectivity index (χ1v) is 15.0. The summed E-state index contributed by atoms with van der Waals surface area (Å²) in [5.41, 5.74) is -1.30. The molecule has 234 valence electrons. The summed E-state index contributed by atoms with van der Waals surface area (Å²) in [7, 11) is 0. The highest BCUT2D eigenvalue weighted by molar-refractivity contribution is 6.30. The molecule has 0 aliphatic carbocycles. The van der Waals surface area contributed by atoms with Crippen molar-refractivity contribution in [3.63, 3.8) is 0 Å². The highest BCUT2D eigenvalue weighted by Gasteiger charge is 2.46. The van der Waals surface area contributed by atoms with Crippen LogP contribution in [0.15, 0.2) is 54.6 Å². The summed E-state index contributed by atoms with van der Waals surface area (Å²) >= 11 is 6.28. The predicted octanol–water partition coefficient (Wildman–Crippen LogP) is 5.76. The fourth-order valence-corrected chi connectivity index (χ4v) is 5.88. The van der Waals surface area contributed by atoms with Crippen molar-refractivity contribution in [3.05, 3.63) is 70.7 Å².